The Morgan fingerprint density at radius 1 is 0.913 bits per heavy atom. The molecular formula is C20H24O2Si. The van der Waals surface area contributed by atoms with Gasteiger partial charge in [0.05, 0.1) is 20.8 Å². The number of hydrogen-bond acceptors (Lipinski definition) is 2. The lowest BCUT2D eigenvalue weighted by molar-refractivity contribution is -0.133. The zero-order chi connectivity index (χ0) is 16.9. The van der Waals surface area contributed by atoms with Gasteiger partial charge in [-0.15, -0.1) is 0 Å². The molecule has 0 aliphatic rings. The van der Waals surface area contributed by atoms with E-state index in [1.807, 2.05) is 48.5 Å². The summed E-state index contributed by atoms with van der Waals surface area (Å²) in [4.78, 5) is 12.5. The second-order valence-corrected chi connectivity index (χ2v) is 11.7. The van der Waals surface area contributed by atoms with E-state index in [0.717, 1.165) is 17.6 Å². The monoisotopic (exact) mass is 324 g/mol. The minimum Gasteiger partial charge on any atom is -0.465 e. The van der Waals surface area contributed by atoms with E-state index < -0.39 is 8.07 Å². The molecule has 0 aliphatic heterocycles. The van der Waals surface area contributed by atoms with Gasteiger partial charge in [0.2, 0.25) is 0 Å². The van der Waals surface area contributed by atoms with Gasteiger partial charge in [0, 0.05) is 0 Å². The Bertz CT molecular complexity index is 683. The summed E-state index contributed by atoms with van der Waals surface area (Å²) in [6.45, 7) is 6.82. The highest BCUT2D eigenvalue weighted by atomic mass is 28.3. The first-order valence-electron chi connectivity index (χ1n) is 7.84. The molecule has 0 unspecified atom stereocenters. The summed E-state index contributed by atoms with van der Waals surface area (Å²) in [7, 11) is -0.262. The molecule has 23 heavy (non-hydrogen) atoms. The number of ether oxygens (including phenoxy) is 1. The molecule has 0 spiro atoms. The van der Waals surface area contributed by atoms with Gasteiger partial charge in [-0.2, -0.15) is 0 Å². The fourth-order valence-corrected chi connectivity index (χ4v) is 4.38. The molecule has 0 fully saturated rings. The van der Waals surface area contributed by atoms with E-state index in [9.17, 15) is 4.79 Å². The SMILES string of the molecule is COC(=O)/C(=C(/Cc1ccccc1)[Si](C)(C)C)c1ccccc1. The van der Waals surface area contributed by atoms with Crippen molar-refractivity contribution in [2.75, 3.05) is 7.11 Å². The van der Waals surface area contributed by atoms with Crippen LogP contribution in [0.2, 0.25) is 19.6 Å². The first kappa shape index (κ1) is 17.2. The number of benzene rings is 2. The Balaban J connectivity index is 2.62. The molecule has 120 valence electrons. The molecule has 0 N–H and O–H groups in total. The second-order valence-electron chi connectivity index (χ2n) is 6.62. The number of carbonyl (C=O) groups excluding carboxylic acids is 1. The van der Waals surface area contributed by atoms with Crippen LogP contribution < -0.4 is 0 Å². The van der Waals surface area contributed by atoms with Crippen molar-refractivity contribution in [3.8, 4) is 0 Å². The van der Waals surface area contributed by atoms with Crippen LogP contribution in [0.5, 0.6) is 0 Å². The largest absolute Gasteiger partial charge is 0.465 e. The predicted octanol–water partition coefficient (Wildman–Crippen LogP) is 4.73. The third kappa shape index (κ3) is 4.42. The van der Waals surface area contributed by atoms with Crippen LogP contribution in [0.3, 0.4) is 0 Å². The predicted molar refractivity (Wildman–Crippen MR) is 98.9 cm³/mol. The maximum absolute atomic E-state index is 12.5. The van der Waals surface area contributed by atoms with E-state index in [-0.39, 0.29) is 5.97 Å². The fourth-order valence-electron chi connectivity index (χ4n) is 2.65. The van der Waals surface area contributed by atoms with Crippen molar-refractivity contribution in [3.63, 3.8) is 0 Å². The number of esters is 1. The van der Waals surface area contributed by atoms with E-state index >= 15 is 0 Å². The molecule has 2 nitrogen and oxygen atoms in total. The zero-order valence-electron chi connectivity index (χ0n) is 14.3. The Labute approximate surface area is 139 Å². The van der Waals surface area contributed by atoms with Crippen LogP contribution in [0.25, 0.3) is 5.57 Å². The second kappa shape index (κ2) is 7.42. The molecule has 2 aromatic carbocycles. The summed E-state index contributed by atoms with van der Waals surface area (Å²) >= 11 is 0. The molecule has 0 aliphatic carbocycles. The molecule has 0 heterocycles. The molecule has 2 rings (SSSR count). The van der Waals surface area contributed by atoms with Gasteiger partial charge in [0.15, 0.2) is 0 Å². The van der Waals surface area contributed by atoms with Crippen molar-refractivity contribution < 1.29 is 9.53 Å². The van der Waals surface area contributed by atoms with Crippen LogP contribution in [0.15, 0.2) is 65.9 Å². The average molecular weight is 324 g/mol. The average Bonchev–Trinajstić information content (AvgIpc) is 2.55. The van der Waals surface area contributed by atoms with Crippen LogP contribution in [0, 0.1) is 0 Å². The van der Waals surface area contributed by atoms with Gasteiger partial charge in [0.25, 0.3) is 0 Å². The van der Waals surface area contributed by atoms with Gasteiger partial charge in [-0.3, -0.25) is 0 Å². The first-order valence-corrected chi connectivity index (χ1v) is 11.3. The molecular weight excluding hydrogens is 300 g/mol. The molecule has 0 aromatic heterocycles. The lowest BCUT2D eigenvalue weighted by Crippen LogP contribution is -2.29. The maximum atomic E-state index is 12.5. The molecule has 0 saturated carbocycles. The standard InChI is InChI=1S/C20H24O2Si/c1-22-20(21)19(17-13-9-6-10-14-17)18(23(2,3)4)15-16-11-7-5-8-12-16/h5-14H,15H2,1-4H3/b19-18-. The van der Waals surface area contributed by atoms with Crippen molar-refractivity contribution in [1.82, 2.24) is 0 Å². The Morgan fingerprint density at radius 2 is 1.43 bits per heavy atom. The van der Waals surface area contributed by atoms with Crippen LogP contribution in [-0.2, 0) is 16.0 Å². The van der Waals surface area contributed by atoms with Crippen molar-refractivity contribution >= 4 is 19.6 Å². The van der Waals surface area contributed by atoms with E-state index in [4.69, 9.17) is 4.74 Å². The lowest BCUT2D eigenvalue weighted by atomic mass is 10.0. The molecule has 2 aromatic rings. The summed E-state index contributed by atoms with van der Waals surface area (Å²) < 4.78 is 5.11. The van der Waals surface area contributed by atoms with E-state index in [2.05, 4.69) is 31.8 Å². The summed E-state index contributed by atoms with van der Waals surface area (Å²) in [5, 5.41) is 1.22. The molecule has 0 bridgehead atoms. The van der Waals surface area contributed by atoms with E-state index in [0.29, 0.717) is 0 Å². The van der Waals surface area contributed by atoms with Gasteiger partial charge in [-0.05, 0) is 17.5 Å². The summed E-state index contributed by atoms with van der Waals surface area (Å²) in [6.07, 6.45) is 0.788. The summed E-state index contributed by atoms with van der Waals surface area (Å²) in [5.74, 6) is -0.246. The van der Waals surface area contributed by atoms with Gasteiger partial charge >= 0.3 is 5.97 Å². The third-order valence-electron chi connectivity index (χ3n) is 3.88. The Kier molecular flexibility index (Phi) is 5.56. The van der Waals surface area contributed by atoms with Gasteiger partial charge in [-0.25, -0.2) is 4.79 Å². The first-order chi connectivity index (χ1) is 10.9. The van der Waals surface area contributed by atoms with E-state index in [1.54, 1.807) is 0 Å². The minimum absolute atomic E-state index is 0.246. The number of methoxy groups -OCH3 is 1. The van der Waals surface area contributed by atoms with Gasteiger partial charge in [0.1, 0.15) is 0 Å². The molecule has 0 amide bonds. The fraction of sp³-hybridized carbons (Fsp3) is 0.250. The highest BCUT2D eigenvalue weighted by molar-refractivity contribution is 6.84. The van der Waals surface area contributed by atoms with Crippen LogP contribution in [0.4, 0.5) is 0 Å². The van der Waals surface area contributed by atoms with Crippen molar-refractivity contribution in [2.45, 2.75) is 26.1 Å². The van der Waals surface area contributed by atoms with Crippen molar-refractivity contribution in [2.24, 2.45) is 0 Å². The Hall–Kier alpha value is -2.13. The number of hydrogen-bond donors (Lipinski definition) is 0. The summed E-state index contributed by atoms with van der Waals surface area (Å²) in [6, 6.07) is 20.2. The lowest BCUT2D eigenvalue weighted by Gasteiger charge is -2.25. The highest BCUT2D eigenvalue weighted by Gasteiger charge is 2.28. The van der Waals surface area contributed by atoms with Gasteiger partial charge in [-0.1, -0.05) is 85.5 Å². The Morgan fingerprint density at radius 3 is 1.91 bits per heavy atom. The van der Waals surface area contributed by atoms with Crippen LogP contribution >= 0.6 is 0 Å². The normalized spacial score (nSPS) is 12.5. The minimum atomic E-state index is -1.72. The smallest absolute Gasteiger partial charge is 0.338 e. The quantitative estimate of drug-likeness (QED) is 0.451. The van der Waals surface area contributed by atoms with Crippen LogP contribution in [0.1, 0.15) is 11.1 Å². The topological polar surface area (TPSA) is 26.3 Å². The molecule has 3 heteroatoms. The van der Waals surface area contributed by atoms with Crippen LogP contribution in [-0.4, -0.2) is 21.2 Å². The molecule has 0 saturated heterocycles. The highest BCUT2D eigenvalue weighted by Crippen LogP contribution is 2.30. The maximum Gasteiger partial charge on any atom is 0.338 e. The van der Waals surface area contributed by atoms with Crippen molar-refractivity contribution in [1.29, 1.82) is 0 Å². The molecule has 0 radical (unpaired) electrons. The van der Waals surface area contributed by atoms with E-state index in [1.165, 1.54) is 17.9 Å². The number of carbonyl (C=O) groups is 1. The number of allylic oxidation sites excluding steroid dienone is 1. The zero-order valence-corrected chi connectivity index (χ0v) is 15.3. The third-order valence-corrected chi connectivity index (χ3v) is 6.12. The summed E-state index contributed by atoms with van der Waals surface area (Å²) in [5.41, 5.74) is 2.89. The van der Waals surface area contributed by atoms with Crippen molar-refractivity contribution in [3.05, 3.63) is 77.0 Å². The van der Waals surface area contributed by atoms with Gasteiger partial charge < -0.3 is 4.74 Å². The molecule has 0 atom stereocenters. The number of rotatable bonds is 5.